The summed E-state index contributed by atoms with van der Waals surface area (Å²) in [6.07, 6.45) is 4.80. The first-order chi connectivity index (χ1) is 8.74. The topological polar surface area (TPSA) is 46.5 Å². The largest absolute Gasteiger partial charge is 0.490 e. The number of hydrogen-bond acceptors (Lipinski definition) is 3. The van der Waals surface area contributed by atoms with Crippen LogP contribution in [0.25, 0.3) is 10.1 Å². The van der Waals surface area contributed by atoms with Gasteiger partial charge in [0.15, 0.2) is 0 Å². The first-order valence-corrected chi connectivity index (χ1v) is 7.03. The summed E-state index contributed by atoms with van der Waals surface area (Å²) in [6.45, 7) is 0. The Labute approximate surface area is 109 Å². The molecular formula is C14H14O3S. The predicted molar refractivity (Wildman–Crippen MR) is 71.7 cm³/mol. The molecule has 0 spiro atoms. The quantitative estimate of drug-likeness (QED) is 0.911. The van der Waals surface area contributed by atoms with Gasteiger partial charge in [-0.05, 0) is 49.3 Å². The molecule has 94 valence electrons. The average molecular weight is 262 g/mol. The highest BCUT2D eigenvalue weighted by atomic mass is 32.1. The molecule has 1 fully saturated rings. The smallest absolute Gasteiger partial charge is 0.335 e. The molecule has 1 saturated carbocycles. The van der Waals surface area contributed by atoms with E-state index in [-0.39, 0.29) is 6.10 Å². The maximum absolute atomic E-state index is 11.1. The molecule has 0 aliphatic heterocycles. The molecule has 1 aliphatic carbocycles. The Bertz CT molecular complexity index is 582. The van der Waals surface area contributed by atoms with E-state index < -0.39 is 5.97 Å². The third-order valence-electron chi connectivity index (χ3n) is 3.38. The molecule has 0 amide bonds. The number of carbonyl (C=O) groups is 1. The van der Waals surface area contributed by atoms with Crippen molar-refractivity contribution < 1.29 is 14.6 Å². The minimum Gasteiger partial charge on any atom is -0.490 e. The lowest BCUT2D eigenvalue weighted by Gasteiger charge is -2.14. The Balaban J connectivity index is 2.01. The van der Waals surface area contributed by atoms with Crippen LogP contribution in [0.4, 0.5) is 0 Å². The molecule has 2 aromatic rings. The first kappa shape index (κ1) is 11.5. The fourth-order valence-electron chi connectivity index (χ4n) is 2.44. The second-order valence-corrected chi connectivity index (χ2v) is 5.58. The third-order valence-corrected chi connectivity index (χ3v) is 4.24. The van der Waals surface area contributed by atoms with E-state index in [1.165, 1.54) is 12.8 Å². The number of benzene rings is 1. The Morgan fingerprint density at radius 2 is 2.11 bits per heavy atom. The van der Waals surface area contributed by atoms with Crippen molar-refractivity contribution in [1.82, 2.24) is 0 Å². The molecule has 1 N–H and O–H groups in total. The van der Waals surface area contributed by atoms with Gasteiger partial charge in [0.25, 0.3) is 0 Å². The molecular weight excluding hydrogens is 248 g/mol. The second-order valence-electron chi connectivity index (χ2n) is 4.64. The van der Waals surface area contributed by atoms with Crippen LogP contribution in [0.2, 0.25) is 0 Å². The van der Waals surface area contributed by atoms with Crippen LogP contribution in [0.5, 0.6) is 5.75 Å². The van der Waals surface area contributed by atoms with Crippen LogP contribution in [0.3, 0.4) is 0 Å². The van der Waals surface area contributed by atoms with Crippen molar-refractivity contribution in [3.8, 4) is 5.75 Å². The SMILES string of the molecule is O=C(O)c1cc(OC2CCCC2)c2ccsc2c1. The molecule has 18 heavy (non-hydrogen) atoms. The van der Waals surface area contributed by atoms with Gasteiger partial charge in [-0.25, -0.2) is 4.79 Å². The summed E-state index contributed by atoms with van der Waals surface area (Å²) in [7, 11) is 0. The lowest BCUT2D eigenvalue weighted by molar-refractivity contribution is 0.0696. The summed E-state index contributed by atoms with van der Waals surface area (Å²) >= 11 is 1.55. The van der Waals surface area contributed by atoms with Crippen molar-refractivity contribution in [2.45, 2.75) is 31.8 Å². The molecule has 0 radical (unpaired) electrons. The Morgan fingerprint density at radius 3 is 2.83 bits per heavy atom. The van der Waals surface area contributed by atoms with E-state index in [9.17, 15) is 4.79 Å². The fraction of sp³-hybridized carbons (Fsp3) is 0.357. The van der Waals surface area contributed by atoms with Gasteiger partial charge in [0.05, 0.1) is 11.7 Å². The highest BCUT2D eigenvalue weighted by Crippen LogP contribution is 2.34. The van der Waals surface area contributed by atoms with Crippen molar-refractivity contribution in [3.63, 3.8) is 0 Å². The minimum atomic E-state index is -0.901. The average Bonchev–Trinajstić information content (AvgIpc) is 2.98. The fourth-order valence-corrected chi connectivity index (χ4v) is 3.29. The van der Waals surface area contributed by atoms with Crippen LogP contribution in [0, 0.1) is 0 Å². The van der Waals surface area contributed by atoms with Gasteiger partial charge >= 0.3 is 5.97 Å². The molecule has 0 bridgehead atoms. The minimum absolute atomic E-state index is 0.247. The zero-order valence-electron chi connectivity index (χ0n) is 9.89. The summed E-state index contributed by atoms with van der Waals surface area (Å²) in [5, 5.41) is 12.1. The van der Waals surface area contributed by atoms with Crippen LogP contribution in [-0.4, -0.2) is 17.2 Å². The Hall–Kier alpha value is -1.55. The van der Waals surface area contributed by atoms with Gasteiger partial charge in [0.1, 0.15) is 5.75 Å². The Kier molecular flexibility index (Phi) is 2.96. The normalized spacial score (nSPS) is 16.2. The molecule has 0 saturated heterocycles. The van der Waals surface area contributed by atoms with Crippen molar-refractivity contribution in [2.24, 2.45) is 0 Å². The second kappa shape index (κ2) is 4.61. The molecule has 0 atom stereocenters. The van der Waals surface area contributed by atoms with E-state index in [1.807, 2.05) is 11.4 Å². The molecule has 1 aromatic heterocycles. The highest BCUT2D eigenvalue weighted by Gasteiger charge is 2.19. The van der Waals surface area contributed by atoms with E-state index >= 15 is 0 Å². The lowest BCUT2D eigenvalue weighted by atomic mass is 10.1. The standard InChI is InChI=1S/C14H14O3S/c15-14(16)9-7-12(17-10-3-1-2-4-10)11-5-6-18-13(11)8-9/h5-8,10H,1-4H2,(H,15,16). The van der Waals surface area contributed by atoms with E-state index in [1.54, 1.807) is 23.5 Å². The van der Waals surface area contributed by atoms with Gasteiger partial charge in [0.2, 0.25) is 0 Å². The summed E-state index contributed by atoms with van der Waals surface area (Å²) in [5.74, 6) is -0.181. The van der Waals surface area contributed by atoms with Crippen LogP contribution >= 0.6 is 11.3 Å². The van der Waals surface area contributed by atoms with Gasteiger partial charge in [0, 0.05) is 10.1 Å². The van der Waals surface area contributed by atoms with E-state index in [4.69, 9.17) is 9.84 Å². The zero-order chi connectivity index (χ0) is 12.5. The lowest BCUT2D eigenvalue weighted by Crippen LogP contribution is -2.11. The van der Waals surface area contributed by atoms with Crippen molar-refractivity contribution in [3.05, 3.63) is 29.1 Å². The van der Waals surface area contributed by atoms with Gasteiger partial charge in [-0.2, -0.15) is 0 Å². The number of ether oxygens (including phenoxy) is 1. The van der Waals surface area contributed by atoms with Crippen molar-refractivity contribution in [1.29, 1.82) is 0 Å². The molecule has 3 nitrogen and oxygen atoms in total. The van der Waals surface area contributed by atoms with Crippen molar-refractivity contribution >= 4 is 27.4 Å². The molecule has 1 aromatic carbocycles. The summed E-state index contributed by atoms with van der Waals surface area (Å²) in [4.78, 5) is 11.1. The summed E-state index contributed by atoms with van der Waals surface area (Å²) < 4.78 is 6.96. The first-order valence-electron chi connectivity index (χ1n) is 6.15. The number of fused-ring (bicyclic) bond motifs is 1. The van der Waals surface area contributed by atoms with Crippen molar-refractivity contribution in [2.75, 3.05) is 0 Å². The van der Waals surface area contributed by atoms with Gasteiger partial charge in [-0.15, -0.1) is 11.3 Å². The Morgan fingerprint density at radius 1 is 1.33 bits per heavy atom. The van der Waals surface area contributed by atoms with Crippen LogP contribution in [0.15, 0.2) is 23.6 Å². The maximum Gasteiger partial charge on any atom is 0.335 e. The van der Waals surface area contributed by atoms with E-state index in [2.05, 4.69) is 0 Å². The number of hydrogen-bond donors (Lipinski definition) is 1. The number of aromatic carboxylic acids is 1. The molecule has 0 unspecified atom stereocenters. The molecule has 3 rings (SSSR count). The molecule has 1 heterocycles. The van der Waals surface area contributed by atoms with Gasteiger partial charge in [-0.1, -0.05) is 0 Å². The summed E-state index contributed by atoms with van der Waals surface area (Å²) in [6, 6.07) is 5.36. The van der Waals surface area contributed by atoms with Crippen LogP contribution in [0.1, 0.15) is 36.0 Å². The maximum atomic E-state index is 11.1. The van der Waals surface area contributed by atoms with Crippen LogP contribution in [-0.2, 0) is 0 Å². The van der Waals surface area contributed by atoms with E-state index in [0.717, 1.165) is 28.7 Å². The number of carboxylic acids is 1. The van der Waals surface area contributed by atoms with Gasteiger partial charge in [-0.3, -0.25) is 0 Å². The third kappa shape index (κ3) is 2.08. The molecule has 4 heteroatoms. The molecule has 1 aliphatic rings. The van der Waals surface area contributed by atoms with Gasteiger partial charge < -0.3 is 9.84 Å². The number of carboxylic acid groups (broad SMARTS) is 1. The number of thiophene rings is 1. The van der Waals surface area contributed by atoms with E-state index in [0.29, 0.717) is 5.56 Å². The highest BCUT2D eigenvalue weighted by molar-refractivity contribution is 7.17. The van der Waals surface area contributed by atoms with Crippen LogP contribution < -0.4 is 4.74 Å². The predicted octanol–water partition coefficient (Wildman–Crippen LogP) is 3.92. The zero-order valence-corrected chi connectivity index (χ0v) is 10.7. The monoisotopic (exact) mass is 262 g/mol. The number of rotatable bonds is 3. The summed E-state index contributed by atoms with van der Waals surface area (Å²) in [5.41, 5.74) is 0.304.